The summed E-state index contributed by atoms with van der Waals surface area (Å²) in [5.74, 6) is 0.639. The Morgan fingerprint density at radius 3 is 2.57 bits per heavy atom. The molecule has 0 aromatic heterocycles. The molecule has 0 atom stereocenters. The van der Waals surface area contributed by atoms with Crippen LogP contribution in [0.1, 0.15) is 0 Å². The highest BCUT2D eigenvalue weighted by atomic mass is 79.9. The third kappa shape index (κ3) is 5.27. The SMILES string of the molecule is N#CCSc1ccccc1NC(=O)COc1c(Br)cccc1Br. The number of ether oxygens (including phenoxy) is 1. The summed E-state index contributed by atoms with van der Waals surface area (Å²) < 4.78 is 7.09. The van der Waals surface area contributed by atoms with Gasteiger partial charge in [-0.2, -0.15) is 5.26 Å². The number of nitriles is 1. The van der Waals surface area contributed by atoms with E-state index in [2.05, 4.69) is 43.2 Å². The van der Waals surface area contributed by atoms with E-state index in [9.17, 15) is 4.79 Å². The molecule has 0 unspecified atom stereocenters. The fraction of sp³-hybridized carbons (Fsp3) is 0.125. The van der Waals surface area contributed by atoms with E-state index < -0.39 is 0 Å². The van der Waals surface area contributed by atoms with Gasteiger partial charge >= 0.3 is 0 Å². The first-order chi connectivity index (χ1) is 11.1. The molecular formula is C16H12Br2N2O2S. The number of nitrogens with one attached hydrogen (secondary N) is 1. The summed E-state index contributed by atoms with van der Waals surface area (Å²) in [6, 6.07) is 15.0. The van der Waals surface area contributed by atoms with E-state index >= 15 is 0 Å². The molecule has 23 heavy (non-hydrogen) atoms. The third-order valence-corrected chi connectivity index (χ3v) is 4.91. The van der Waals surface area contributed by atoms with E-state index in [1.807, 2.05) is 36.4 Å². The molecular weight excluding hydrogens is 444 g/mol. The van der Waals surface area contributed by atoms with Crippen molar-refractivity contribution in [3.05, 3.63) is 51.4 Å². The number of hydrogen-bond acceptors (Lipinski definition) is 4. The zero-order chi connectivity index (χ0) is 16.7. The maximum Gasteiger partial charge on any atom is 0.262 e. The molecule has 0 aliphatic heterocycles. The number of carbonyl (C=O) groups excluding carboxylic acids is 1. The van der Waals surface area contributed by atoms with Gasteiger partial charge in [-0.05, 0) is 56.1 Å². The Balaban J connectivity index is 1.99. The van der Waals surface area contributed by atoms with E-state index in [-0.39, 0.29) is 12.5 Å². The number of halogens is 2. The van der Waals surface area contributed by atoms with E-state index in [4.69, 9.17) is 10.00 Å². The molecule has 0 aliphatic carbocycles. The molecule has 0 saturated heterocycles. The minimum atomic E-state index is -0.266. The van der Waals surface area contributed by atoms with Crippen molar-refractivity contribution in [1.29, 1.82) is 5.26 Å². The molecule has 0 saturated carbocycles. The lowest BCUT2D eigenvalue weighted by Gasteiger charge is -2.12. The van der Waals surface area contributed by atoms with Crippen LogP contribution in [0.25, 0.3) is 0 Å². The highest BCUT2D eigenvalue weighted by molar-refractivity contribution is 9.11. The van der Waals surface area contributed by atoms with Crippen LogP contribution in [0, 0.1) is 11.3 Å². The predicted molar refractivity (Wildman–Crippen MR) is 98.7 cm³/mol. The minimum Gasteiger partial charge on any atom is -0.481 e. The number of nitrogens with zero attached hydrogens (tertiary/aromatic N) is 1. The number of carbonyl (C=O) groups is 1. The normalized spacial score (nSPS) is 9.96. The van der Waals surface area contributed by atoms with Crippen LogP contribution in [0.15, 0.2) is 56.3 Å². The summed E-state index contributed by atoms with van der Waals surface area (Å²) >= 11 is 8.14. The molecule has 0 spiro atoms. The van der Waals surface area contributed by atoms with Gasteiger partial charge in [-0.3, -0.25) is 4.79 Å². The van der Waals surface area contributed by atoms with Crippen molar-refractivity contribution in [3.63, 3.8) is 0 Å². The summed E-state index contributed by atoms with van der Waals surface area (Å²) in [4.78, 5) is 12.9. The molecule has 0 heterocycles. The smallest absolute Gasteiger partial charge is 0.262 e. The Labute approximate surface area is 155 Å². The fourth-order valence-corrected chi connectivity index (χ4v) is 3.65. The molecule has 118 valence electrons. The van der Waals surface area contributed by atoms with Crippen LogP contribution >= 0.6 is 43.6 Å². The second-order valence-corrected chi connectivity index (χ2v) is 7.06. The average Bonchev–Trinajstić information content (AvgIpc) is 2.53. The number of amides is 1. The summed E-state index contributed by atoms with van der Waals surface area (Å²) in [6.45, 7) is -0.113. The lowest BCUT2D eigenvalue weighted by molar-refractivity contribution is -0.118. The zero-order valence-corrected chi connectivity index (χ0v) is 15.9. The number of benzene rings is 2. The molecule has 0 fully saturated rings. The Morgan fingerprint density at radius 2 is 1.87 bits per heavy atom. The van der Waals surface area contributed by atoms with Crippen molar-refractivity contribution < 1.29 is 9.53 Å². The summed E-state index contributed by atoms with van der Waals surface area (Å²) in [5.41, 5.74) is 0.674. The van der Waals surface area contributed by atoms with Crippen molar-refractivity contribution >= 4 is 55.2 Å². The summed E-state index contributed by atoms with van der Waals surface area (Å²) in [6.07, 6.45) is 0. The number of anilines is 1. The Bertz CT molecular complexity index is 727. The van der Waals surface area contributed by atoms with Crippen molar-refractivity contribution in [2.75, 3.05) is 17.7 Å². The highest BCUT2D eigenvalue weighted by Crippen LogP contribution is 2.33. The van der Waals surface area contributed by atoms with Crippen LogP contribution in [-0.2, 0) is 4.79 Å². The molecule has 2 aromatic rings. The number of thioether (sulfide) groups is 1. The molecule has 2 rings (SSSR count). The minimum absolute atomic E-state index is 0.113. The first-order valence-electron chi connectivity index (χ1n) is 6.57. The molecule has 0 aliphatic rings. The standard InChI is InChI=1S/C16H12Br2N2O2S/c17-11-4-3-5-12(18)16(11)22-10-15(21)20-13-6-1-2-7-14(13)23-9-8-19/h1-7H,9-10H2,(H,20,21). The Morgan fingerprint density at radius 1 is 1.17 bits per heavy atom. The van der Waals surface area contributed by atoms with Crippen molar-refractivity contribution in [3.8, 4) is 11.8 Å². The van der Waals surface area contributed by atoms with E-state index in [0.717, 1.165) is 13.8 Å². The average molecular weight is 456 g/mol. The van der Waals surface area contributed by atoms with Crippen LogP contribution in [-0.4, -0.2) is 18.3 Å². The van der Waals surface area contributed by atoms with Gasteiger partial charge in [0.1, 0.15) is 5.75 Å². The van der Waals surface area contributed by atoms with Crippen LogP contribution in [0.4, 0.5) is 5.69 Å². The van der Waals surface area contributed by atoms with Gasteiger partial charge in [0.05, 0.1) is 26.5 Å². The Hall–Kier alpha value is -1.49. The van der Waals surface area contributed by atoms with Crippen LogP contribution in [0.3, 0.4) is 0 Å². The number of para-hydroxylation sites is 2. The van der Waals surface area contributed by atoms with Gasteiger partial charge in [-0.1, -0.05) is 18.2 Å². The van der Waals surface area contributed by atoms with Crippen LogP contribution in [0.2, 0.25) is 0 Å². The fourth-order valence-electron chi connectivity index (χ4n) is 1.75. The number of hydrogen-bond donors (Lipinski definition) is 1. The second kappa shape index (κ2) is 8.96. The molecule has 7 heteroatoms. The summed E-state index contributed by atoms with van der Waals surface area (Å²) in [5, 5.41) is 11.5. The van der Waals surface area contributed by atoms with Gasteiger partial charge in [0.25, 0.3) is 5.91 Å². The molecule has 4 nitrogen and oxygen atoms in total. The lowest BCUT2D eigenvalue weighted by atomic mass is 10.3. The number of rotatable bonds is 6. The van der Waals surface area contributed by atoms with Crippen molar-refractivity contribution in [2.24, 2.45) is 0 Å². The van der Waals surface area contributed by atoms with Crippen molar-refractivity contribution in [2.45, 2.75) is 4.90 Å². The lowest BCUT2D eigenvalue weighted by Crippen LogP contribution is -2.20. The van der Waals surface area contributed by atoms with Gasteiger partial charge in [0.15, 0.2) is 6.61 Å². The largest absolute Gasteiger partial charge is 0.481 e. The van der Waals surface area contributed by atoms with E-state index in [0.29, 0.717) is 17.2 Å². The van der Waals surface area contributed by atoms with E-state index in [1.165, 1.54) is 11.8 Å². The van der Waals surface area contributed by atoms with Gasteiger partial charge in [0.2, 0.25) is 0 Å². The van der Waals surface area contributed by atoms with E-state index in [1.54, 1.807) is 6.07 Å². The van der Waals surface area contributed by atoms with Gasteiger partial charge in [-0.25, -0.2) is 0 Å². The van der Waals surface area contributed by atoms with Crippen LogP contribution < -0.4 is 10.1 Å². The molecule has 2 aromatic carbocycles. The predicted octanol–water partition coefficient (Wildman–Crippen LogP) is 4.84. The maximum absolute atomic E-state index is 12.1. The highest BCUT2D eigenvalue weighted by Gasteiger charge is 2.11. The molecule has 1 N–H and O–H groups in total. The van der Waals surface area contributed by atoms with Gasteiger partial charge in [-0.15, -0.1) is 11.8 Å². The maximum atomic E-state index is 12.1. The third-order valence-electron chi connectivity index (χ3n) is 2.72. The van der Waals surface area contributed by atoms with Crippen molar-refractivity contribution in [1.82, 2.24) is 0 Å². The van der Waals surface area contributed by atoms with Gasteiger partial charge < -0.3 is 10.1 Å². The first-order valence-corrected chi connectivity index (χ1v) is 9.14. The first kappa shape index (κ1) is 17.9. The quantitative estimate of drug-likeness (QED) is 0.632. The summed E-state index contributed by atoms with van der Waals surface area (Å²) in [7, 11) is 0. The van der Waals surface area contributed by atoms with Gasteiger partial charge in [0, 0.05) is 4.90 Å². The second-order valence-electron chi connectivity index (χ2n) is 4.33. The monoisotopic (exact) mass is 454 g/mol. The van der Waals surface area contributed by atoms with Crippen LogP contribution in [0.5, 0.6) is 5.75 Å². The Kier molecular flexibility index (Phi) is 6.96. The molecule has 0 radical (unpaired) electrons. The topological polar surface area (TPSA) is 62.1 Å². The molecule has 0 bridgehead atoms. The molecule has 1 amide bonds. The zero-order valence-electron chi connectivity index (χ0n) is 11.9.